The molecule has 0 aromatic carbocycles. The second-order valence-electron chi connectivity index (χ2n) is 4.91. The molecule has 21 heavy (non-hydrogen) atoms. The van der Waals surface area contributed by atoms with Crippen molar-refractivity contribution in [3.63, 3.8) is 0 Å². The first kappa shape index (κ1) is 14.0. The van der Waals surface area contributed by atoms with E-state index in [1.165, 1.54) is 12.3 Å². The monoisotopic (exact) mass is 311 g/mol. The zero-order chi connectivity index (χ0) is 15.0. The second-order valence-corrected chi connectivity index (χ2v) is 6.67. The van der Waals surface area contributed by atoms with Crippen molar-refractivity contribution in [3.05, 3.63) is 18.0 Å². The van der Waals surface area contributed by atoms with E-state index in [2.05, 4.69) is 14.9 Å². The molecule has 9 heteroatoms. The van der Waals surface area contributed by atoms with Crippen molar-refractivity contribution in [2.24, 2.45) is 0 Å². The van der Waals surface area contributed by atoms with Crippen molar-refractivity contribution < 1.29 is 22.8 Å². The van der Waals surface area contributed by atoms with Gasteiger partial charge in [-0.15, -0.1) is 0 Å². The van der Waals surface area contributed by atoms with E-state index in [1.54, 1.807) is 0 Å². The summed E-state index contributed by atoms with van der Waals surface area (Å²) in [6.45, 7) is -0.172. The summed E-state index contributed by atoms with van der Waals surface area (Å²) < 4.78 is 31.5. The maximum absolute atomic E-state index is 12.1. The fraction of sp³-hybridized carbons (Fsp3) is 0.417. The predicted molar refractivity (Wildman–Crippen MR) is 71.2 cm³/mol. The number of aromatic nitrogens is 2. The highest BCUT2D eigenvalue weighted by Crippen LogP contribution is 2.42. The van der Waals surface area contributed by atoms with E-state index in [4.69, 9.17) is 9.63 Å². The van der Waals surface area contributed by atoms with Crippen LogP contribution in [0.1, 0.15) is 30.9 Å². The van der Waals surface area contributed by atoms with Gasteiger partial charge in [-0.05, 0) is 18.9 Å². The molecule has 0 bridgehead atoms. The smallest absolute Gasteiger partial charge is 0.304 e. The molecule has 0 aliphatic heterocycles. The highest BCUT2D eigenvalue weighted by molar-refractivity contribution is 7.89. The van der Waals surface area contributed by atoms with Crippen LogP contribution in [0.2, 0.25) is 0 Å². The fourth-order valence-electron chi connectivity index (χ4n) is 2.00. The lowest BCUT2D eigenvalue weighted by Gasteiger charge is -2.05. The average molecular weight is 311 g/mol. The molecule has 8 nitrogen and oxygen atoms in total. The first-order valence-corrected chi connectivity index (χ1v) is 7.92. The lowest BCUT2D eigenvalue weighted by atomic mass is 10.2. The maximum Gasteiger partial charge on any atom is 0.304 e. The van der Waals surface area contributed by atoms with E-state index in [9.17, 15) is 13.2 Å². The van der Waals surface area contributed by atoms with Crippen LogP contribution in [0, 0.1) is 0 Å². The van der Waals surface area contributed by atoms with Gasteiger partial charge in [-0.25, -0.2) is 18.1 Å². The van der Waals surface area contributed by atoms with E-state index in [0.717, 1.165) is 18.5 Å². The number of carbonyl (C=O) groups is 1. The van der Waals surface area contributed by atoms with E-state index in [1.807, 2.05) is 0 Å². The van der Waals surface area contributed by atoms with Crippen LogP contribution in [0.4, 0.5) is 0 Å². The number of nitrogens with one attached hydrogen (secondary N) is 1. The summed E-state index contributed by atoms with van der Waals surface area (Å²) >= 11 is 0. The van der Waals surface area contributed by atoms with Crippen molar-refractivity contribution in [2.45, 2.75) is 30.1 Å². The minimum Gasteiger partial charge on any atom is -0.481 e. The zero-order valence-electron chi connectivity index (χ0n) is 10.9. The van der Waals surface area contributed by atoms with Gasteiger partial charge in [-0.3, -0.25) is 4.79 Å². The third kappa shape index (κ3) is 2.88. The average Bonchev–Trinajstić information content (AvgIpc) is 3.17. The molecule has 0 spiro atoms. The second kappa shape index (κ2) is 5.08. The number of nitrogens with zero attached hydrogens (tertiary/aromatic N) is 2. The van der Waals surface area contributed by atoms with Crippen LogP contribution in [0.25, 0.3) is 11.1 Å². The van der Waals surface area contributed by atoms with Crippen LogP contribution in [0.3, 0.4) is 0 Å². The highest BCUT2D eigenvalue weighted by Gasteiger charge is 2.30. The first-order valence-electron chi connectivity index (χ1n) is 6.44. The SMILES string of the molecule is O=C(O)CCNS(=O)(=O)c1cnc2onc(C3CC3)c2c1. The molecule has 1 fully saturated rings. The van der Waals surface area contributed by atoms with Gasteiger partial charge in [-0.2, -0.15) is 0 Å². The van der Waals surface area contributed by atoms with Crippen molar-refractivity contribution in [1.82, 2.24) is 14.9 Å². The Bertz CT molecular complexity index is 794. The number of carboxylic acids is 1. The largest absolute Gasteiger partial charge is 0.481 e. The molecule has 0 saturated heterocycles. The van der Waals surface area contributed by atoms with E-state index >= 15 is 0 Å². The van der Waals surface area contributed by atoms with Crippen molar-refractivity contribution in [1.29, 1.82) is 0 Å². The molecule has 0 atom stereocenters. The highest BCUT2D eigenvalue weighted by atomic mass is 32.2. The van der Waals surface area contributed by atoms with Crippen molar-refractivity contribution >= 4 is 27.1 Å². The molecule has 2 aromatic heterocycles. The summed E-state index contributed by atoms with van der Waals surface area (Å²) in [5.74, 6) is -0.757. The Balaban J connectivity index is 1.88. The molecule has 3 rings (SSSR count). The number of rotatable bonds is 6. The topological polar surface area (TPSA) is 122 Å². The minimum atomic E-state index is -3.79. The van der Waals surface area contributed by atoms with Gasteiger partial charge in [0.2, 0.25) is 10.0 Å². The van der Waals surface area contributed by atoms with E-state index < -0.39 is 16.0 Å². The summed E-state index contributed by atoms with van der Waals surface area (Å²) in [4.78, 5) is 14.4. The molecule has 0 amide bonds. The standard InChI is InChI=1S/C12H13N3O5S/c16-10(17)3-4-14-21(18,19)8-5-9-11(7-1-2-7)15-20-12(9)13-6-8/h5-7,14H,1-4H2,(H,16,17). The Morgan fingerprint density at radius 3 is 2.90 bits per heavy atom. The Labute approximate surface area is 120 Å². The quantitative estimate of drug-likeness (QED) is 0.810. The molecule has 2 heterocycles. The summed E-state index contributed by atoms with van der Waals surface area (Å²) in [6.07, 6.45) is 2.91. The summed E-state index contributed by atoms with van der Waals surface area (Å²) in [5.41, 5.74) is 1.04. The molecule has 112 valence electrons. The van der Waals surface area contributed by atoms with Gasteiger partial charge in [0, 0.05) is 12.5 Å². The van der Waals surface area contributed by atoms with Gasteiger partial charge in [-0.1, -0.05) is 5.16 Å². The molecule has 1 aliphatic rings. The number of sulfonamides is 1. The normalized spacial score (nSPS) is 15.4. The lowest BCUT2D eigenvalue weighted by molar-refractivity contribution is -0.136. The van der Waals surface area contributed by atoms with Gasteiger partial charge in [0.25, 0.3) is 5.71 Å². The van der Waals surface area contributed by atoms with Gasteiger partial charge < -0.3 is 9.63 Å². The number of pyridine rings is 1. The number of hydrogen-bond acceptors (Lipinski definition) is 6. The lowest BCUT2D eigenvalue weighted by Crippen LogP contribution is -2.26. The van der Waals surface area contributed by atoms with Crippen LogP contribution in [0.5, 0.6) is 0 Å². The first-order chi connectivity index (χ1) is 9.97. The summed E-state index contributed by atoms with van der Waals surface area (Å²) in [7, 11) is -3.79. The summed E-state index contributed by atoms with van der Waals surface area (Å²) in [5, 5.41) is 13.1. The molecule has 1 saturated carbocycles. The number of fused-ring (bicyclic) bond motifs is 1. The van der Waals surface area contributed by atoms with Crippen LogP contribution in [-0.2, 0) is 14.8 Å². The summed E-state index contributed by atoms with van der Waals surface area (Å²) in [6, 6.07) is 1.47. The zero-order valence-corrected chi connectivity index (χ0v) is 11.8. The van der Waals surface area contributed by atoms with Crippen LogP contribution in [0.15, 0.2) is 21.7 Å². The van der Waals surface area contributed by atoms with Gasteiger partial charge in [0.15, 0.2) is 0 Å². The van der Waals surface area contributed by atoms with Crippen LogP contribution in [-0.4, -0.2) is 36.2 Å². The molecule has 0 radical (unpaired) electrons. The molecule has 1 aliphatic carbocycles. The van der Waals surface area contributed by atoms with Crippen LogP contribution >= 0.6 is 0 Å². The number of carboxylic acid groups (broad SMARTS) is 1. The van der Waals surface area contributed by atoms with Crippen LogP contribution < -0.4 is 4.72 Å². The molecule has 2 aromatic rings. The van der Waals surface area contributed by atoms with Gasteiger partial charge in [0.1, 0.15) is 4.90 Å². The molecule has 2 N–H and O–H groups in total. The number of hydrogen-bond donors (Lipinski definition) is 2. The third-order valence-electron chi connectivity index (χ3n) is 3.24. The third-order valence-corrected chi connectivity index (χ3v) is 4.67. The van der Waals surface area contributed by atoms with Gasteiger partial charge >= 0.3 is 5.97 Å². The predicted octanol–water partition coefficient (Wildman–Crippen LogP) is 0.853. The van der Waals surface area contributed by atoms with Gasteiger partial charge in [0.05, 0.1) is 23.7 Å². The van der Waals surface area contributed by atoms with Crippen molar-refractivity contribution in [3.8, 4) is 0 Å². The molecule has 0 unspecified atom stereocenters. The van der Waals surface area contributed by atoms with Crippen molar-refractivity contribution in [2.75, 3.05) is 6.54 Å². The molecular formula is C12H13N3O5S. The Morgan fingerprint density at radius 1 is 1.48 bits per heavy atom. The minimum absolute atomic E-state index is 0.0227. The molecular weight excluding hydrogens is 298 g/mol. The number of aliphatic carboxylic acids is 1. The van der Waals surface area contributed by atoms with E-state index in [0.29, 0.717) is 17.0 Å². The Kier molecular flexibility index (Phi) is 3.38. The fourth-order valence-corrected chi connectivity index (χ4v) is 3.01. The maximum atomic E-state index is 12.1. The Hall–Kier alpha value is -2.00. The van der Waals surface area contributed by atoms with E-state index in [-0.39, 0.29) is 17.9 Å². The Morgan fingerprint density at radius 2 is 2.24 bits per heavy atom.